The van der Waals surface area contributed by atoms with Gasteiger partial charge in [0.05, 0.1) is 61.5 Å². The lowest BCUT2D eigenvalue weighted by Crippen LogP contribution is -2.33. The first-order valence-corrected chi connectivity index (χ1v) is 24.5. The van der Waals surface area contributed by atoms with Crippen molar-refractivity contribution < 1.29 is 87.1 Å². The topological polar surface area (TPSA) is 255 Å². The fourth-order valence-corrected chi connectivity index (χ4v) is 10.4. The van der Waals surface area contributed by atoms with Gasteiger partial charge in [-0.15, -0.1) is 10.2 Å². The Morgan fingerprint density at radius 2 is 1.17 bits per heavy atom. The number of benzene rings is 2. The van der Waals surface area contributed by atoms with Crippen molar-refractivity contribution in [2.75, 3.05) is 48.3 Å². The molecule has 0 unspecified atom stereocenters. The first kappa shape index (κ1) is 32.7. The van der Waals surface area contributed by atoms with Crippen LogP contribution < -0.4 is 10.6 Å². The number of rotatable bonds is 20. The normalized spacial score (nSPS) is 34.6. The van der Waals surface area contributed by atoms with E-state index < -0.39 is 165 Å². The SMILES string of the molecule is [2H]C([2H])([2H])C([2H])([2H])C([2H])([2H])Sc1nc(N[C@@H]2C[C@H]2c2ccc(F)c(F)c2)c2nnn([C@@H]3C[C@H](OC([2H])([2H])C([2H])([2H])O)[C@@H](O)[C@H]3O)c2n1.[2H]C([2H])([2H])C([2H])([2H])C([2H])([2H])Sc1nc(N[C@@H]2C[C@H]2c2ccc(F)c(F)c2)c2nnn([C@@H]3C[C@H](OC([2H])([2H])C([2H])([2H])O)[C@H]4OC(C)(C)O[C@H]43)c2n1. The molecule has 0 amide bonds. The fourth-order valence-electron chi connectivity index (χ4n) is 9.58. The van der Waals surface area contributed by atoms with E-state index in [0.717, 1.165) is 28.9 Å². The molecule has 1 aliphatic heterocycles. The molecule has 6 aromatic rings. The first-order chi connectivity index (χ1) is 44.3. The largest absolute Gasteiger partial charge is 0.394 e. The van der Waals surface area contributed by atoms with Gasteiger partial charge in [-0.2, -0.15) is 0 Å². The van der Waals surface area contributed by atoms with E-state index in [4.69, 9.17) is 49.1 Å². The van der Waals surface area contributed by atoms with Crippen LogP contribution in [0.4, 0.5) is 29.2 Å². The van der Waals surface area contributed by atoms with Gasteiger partial charge in [0, 0.05) is 67.4 Å². The third-order valence-corrected chi connectivity index (χ3v) is 14.2. The summed E-state index contributed by atoms with van der Waals surface area (Å²) >= 11 is 0.163. The second-order valence-corrected chi connectivity index (χ2v) is 19.8. The molecule has 2 aromatic carbocycles. The Morgan fingerprint density at radius 1 is 0.680 bits per heavy atom. The summed E-state index contributed by atoms with van der Waals surface area (Å²) in [6.07, 6.45) is -14.6. The van der Waals surface area contributed by atoms with Crippen molar-refractivity contribution in [3.63, 3.8) is 0 Å². The van der Waals surface area contributed by atoms with Gasteiger partial charge in [0.25, 0.3) is 0 Å². The van der Waals surface area contributed by atoms with Gasteiger partial charge in [0.2, 0.25) is 0 Å². The highest BCUT2D eigenvalue weighted by atomic mass is 32.2. The van der Waals surface area contributed by atoms with E-state index in [9.17, 15) is 38.0 Å². The van der Waals surface area contributed by atoms with Crippen molar-refractivity contribution in [2.45, 2.75) is 155 Å². The second-order valence-electron chi connectivity index (χ2n) is 18.2. The summed E-state index contributed by atoms with van der Waals surface area (Å²) < 4.78 is 251. The van der Waals surface area contributed by atoms with Gasteiger partial charge in [-0.25, -0.2) is 46.9 Å². The summed E-state index contributed by atoms with van der Waals surface area (Å²) in [5.74, 6) is -6.00. The first-order valence-electron chi connectivity index (χ1n) is 33.9. The van der Waals surface area contributed by atoms with Crippen molar-refractivity contribution in [3.8, 4) is 0 Å². The zero-order valence-electron chi connectivity index (χ0n) is 60.9. The van der Waals surface area contributed by atoms with Gasteiger partial charge >= 0.3 is 0 Å². The summed E-state index contributed by atoms with van der Waals surface area (Å²) in [4.78, 5) is 17.2. The molecule has 4 aliphatic carbocycles. The van der Waals surface area contributed by atoms with Crippen molar-refractivity contribution in [1.29, 1.82) is 0 Å². The van der Waals surface area contributed by atoms with Gasteiger partial charge < -0.3 is 50.0 Å². The van der Waals surface area contributed by atoms with Crippen LogP contribution in [0.15, 0.2) is 46.7 Å². The Kier molecular flexibility index (Phi) is 9.86. The summed E-state index contributed by atoms with van der Waals surface area (Å²) in [6, 6.07) is 3.98. The Labute approximate surface area is 468 Å². The maximum Gasteiger partial charge on any atom is 0.191 e. The van der Waals surface area contributed by atoms with Crippen molar-refractivity contribution >= 4 is 57.5 Å². The number of fused-ring (bicyclic) bond motifs is 3. The third kappa shape index (κ3) is 11.4. The van der Waals surface area contributed by atoms with Crippen molar-refractivity contribution in [3.05, 3.63) is 70.8 Å². The molecule has 0 radical (unpaired) electrons. The summed E-state index contributed by atoms with van der Waals surface area (Å²) in [5, 5.41) is 62.5. The van der Waals surface area contributed by atoms with Crippen LogP contribution in [0.25, 0.3) is 22.3 Å². The van der Waals surface area contributed by atoms with Crippen LogP contribution in [0, 0.1) is 23.3 Å². The quantitative estimate of drug-likeness (QED) is 0.0299. The minimum Gasteiger partial charge on any atom is -0.394 e. The molecular formula is C49H60F4N12O8S2. The number of aromatic nitrogens is 10. The molecular weight excluding hydrogens is 1020 g/mol. The van der Waals surface area contributed by atoms with Crippen molar-refractivity contribution in [1.82, 2.24) is 49.9 Å². The second kappa shape index (κ2) is 22.6. The lowest BCUT2D eigenvalue weighted by molar-refractivity contribution is -0.171. The van der Waals surface area contributed by atoms with Crippen LogP contribution in [0.1, 0.15) is 131 Å². The van der Waals surface area contributed by atoms with Crippen LogP contribution in [-0.2, 0) is 18.9 Å². The van der Waals surface area contributed by atoms with E-state index in [1.54, 1.807) is 13.8 Å². The van der Waals surface area contributed by atoms with E-state index in [1.807, 2.05) is 0 Å². The van der Waals surface area contributed by atoms with Gasteiger partial charge in [-0.1, -0.05) is 59.8 Å². The smallest absolute Gasteiger partial charge is 0.191 e. The molecule has 5 fully saturated rings. The number of hydrogen-bond acceptors (Lipinski definition) is 20. The van der Waals surface area contributed by atoms with Crippen LogP contribution >= 0.6 is 23.5 Å². The predicted molar refractivity (Wildman–Crippen MR) is 267 cm³/mol. The molecule has 12 atom stereocenters. The van der Waals surface area contributed by atoms with Gasteiger partial charge in [0.15, 0.2) is 73.3 Å². The molecule has 26 heteroatoms. The third-order valence-electron chi connectivity index (χ3n) is 13.1. The van der Waals surface area contributed by atoms with Gasteiger partial charge in [-0.05, 0) is 74.8 Å². The van der Waals surface area contributed by atoms with E-state index in [0.29, 0.717) is 24.0 Å². The van der Waals surface area contributed by atoms with Crippen LogP contribution in [0.2, 0.25) is 0 Å². The Hall–Kier alpha value is -4.90. The molecule has 1 saturated heterocycles. The number of aliphatic hydroxyl groups is 4. The number of thioether (sulfide) groups is 2. The molecule has 11 rings (SSSR count). The lowest BCUT2D eigenvalue weighted by atomic mass is 10.1. The molecule has 75 heavy (non-hydrogen) atoms. The molecule has 0 bridgehead atoms. The van der Waals surface area contributed by atoms with E-state index in [1.165, 1.54) is 16.8 Å². The Balaban J connectivity index is 0.000000211. The highest BCUT2D eigenvalue weighted by Crippen LogP contribution is 2.48. The molecule has 404 valence electrons. The molecule has 0 spiro atoms. The number of nitrogens with one attached hydrogen (secondary N) is 2. The Bertz CT molecular complexity index is 3960. The van der Waals surface area contributed by atoms with E-state index in [-0.39, 0.29) is 81.8 Å². The summed E-state index contributed by atoms with van der Waals surface area (Å²) in [5.41, 5.74) is -5.53. The maximum atomic E-state index is 14.0. The standard InChI is InChI=1S/C26H32F2N6O4S.C23H28F2N6O4S/c1-4-9-39-25-30-23(29-17-11-14(17)13-5-6-15(27)16(28)10-13)20-24(31-25)34(33-32-20)18-12-19(36-8-7-35)22-21(18)37-26(2,3)38-22;1-2-7-36-23-27-21(26-15-9-12(15)11-3-4-13(24)14(25)8-11)18-22(28-23)31(30-29-18)16-10-17(35-6-5-32)20(34)19(16)33/h5-6,10,14,17-19,21-22,35H,4,7-9,11-12H2,1-3H3,(H,29,30,31);3-4,8,12,15-17,19-20,32-34H,2,5-7,9-10H2,1H3,(H,26,27,28)/t14-,17+,18+,19-,21-,22+;12-,15+,16+,17-,19-,20+/m00/s1/i1D3,4D2,7D2,8D2,9D2;1D3,2D2,5D2,6D2,7D2. The Morgan fingerprint density at radius 3 is 1.68 bits per heavy atom. The zero-order valence-corrected chi connectivity index (χ0v) is 40.6. The highest BCUT2D eigenvalue weighted by Gasteiger charge is 2.56. The number of anilines is 2. The number of hydrogen-bond donors (Lipinski definition) is 6. The fraction of sp³-hybridized carbons (Fsp3) is 0.592. The number of ether oxygens (including phenoxy) is 4. The number of nitrogens with zero attached hydrogens (tertiary/aromatic N) is 10. The predicted octanol–water partition coefficient (Wildman–Crippen LogP) is 5.83. The average Bonchev–Trinajstić information content (AvgIpc) is 1.63. The highest BCUT2D eigenvalue weighted by molar-refractivity contribution is 7.99. The average molecular weight is 1110 g/mol. The lowest BCUT2D eigenvalue weighted by Gasteiger charge is -2.23. The number of aliphatic hydroxyl groups excluding tert-OH is 2. The summed E-state index contributed by atoms with van der Waals surface area (Å²) in [6.45, 7) is -16.9. The minimum absolute atomic E-state index is 0.000144. The molecule has 4 aromatic heterocycles. The minimum atomic E-state index is -3.48. The monoisotopic (exact) mass is 1110 g/mol. The number of halogens is 4. The van der Waals surface area contributed by atoms with E-state index >= 15 is 0 Å². The summed E-state index contributed by atoms with van der Waals surface area (Å²) in [7, 11) is 0. The van der Waals surface area contributed by atoms with E-state index in [2.05, 4.69) is 51.2 Å². The van der Waals surface area contributed by atoms with Crippen LogP contribution in [0.3, 0.4) is 0 Å². The van der Waals surface area contributed by atoms with Gasteiger partial charge in [-0.3, -0.25) is 0 Å². The molecule has 5 aliphatic rings. The van der Waals surface area contributed by atoms with Gasteiger partial charge in [0.1, 0.15) is 24.4 Å². The molecule has 4 saturated carbocycles. The molecule has 6 N–H and O–H groups in total. The van der Waals surface area contributed by atoms with Crippen molar-refractivity contribution in [2.24, 2.45) is 0 Å². The molecule has 5 heterocycles. The van der Waals surface area contributed by atoms with Crippen LogP contribution in [-0.4, -0.2) is 162 Å². The molecule has 20 nitrogen and oxygen atoms in total. The zero-order chi connectivity index (χ0) is 72.1. The maximum absolute atomic E-state index is 14.0. The van der Waals surface area contributed by atoms with Crippen LogP contribution in [0.5, 0.6) is 0 Å².